The molecule has 3 rings (SSSR count). The number of hydrogen-bond acceptors (Lipinski definition) is 5. The van der Waals surface area contributed by atoms with Crippen molar-refractivity contribution in [3.8, 4) is 5.75 Å². The van der Waals surface area contributed by atoms with Gasteiger partial charge in [-0.1, -0.05) is 0 Å². The Bertz CT molecular complexity index is 997. The van der Waals surface area contributed by atoms with Crippen LogP contribution < -0.4 is 10.1 Å². The maximum absolute atomic E-state index is 12.6. The third kappa shape index (κ3) is 5.33. The number of rotatable bonds is 7. The molecule has 0 fully saturated rings. The summed E-state index contributed by atoms with van der Waals surface area (Å²) in [6.07, 6.45) is 4.00. The van der Waals surface area contributed by atoms with Crippen molar-refractivity contribution < 1.29 is 13.7 Å². The van der Waals surface area contributed by atoms with Gasteiger partial charge in [0.1, 0.15) is 11.6 Å². The number of benzene rings is 1. The van der Waals surface area contributed by atoms with E-state index in [1.165, 1.54) is 0 Å². The van der Waals surface area contributed by atoms with Crippen molar-refractivity contribution >= 4 is 49.5 Å². The standard InChI is InChI=1S/C19H18BrN3O3S/c1-27(25)11-3-10-26-16-12-14(5-7-15(16)20)19(24)23-17-8-6-13-4-2-9-21-18(13)22-17/h2,4-9,12H,3,10-11H2,1H3,(H,21,22,23,24). The van der Waals surface area contributed by atoms with E-state index in [9.17, 15) is 9.00 Å². The van der Waals surface area contributed by atoms with E-state index in [0.717, 1.165) is 9.86 Å². The van der Waals surface area contributed by atoms with Crippen LogP contribution in [-0.2, 0) is 10.8 Å². The number of ether oxygens (including phenoxy) is 1. The smallest absolute Gasteiger partial charge is 0.256 e. The van der Waals surface area contributed by atoms with Crippen LogP contribution in [0.2, 0.25) is 0 Å². The van der Waals surface area contributed by atoms with Gasteiger partial charge in [-0.25, -0.2) is 9.97 Å². The number of pyridine rings is 2. The second-order valence-corrected chi connectivity index (χ2v) is 8.23. The molecule has 8 heteroatoms. The van der Waals surface area contributed by atoms with Gasteiger partial charge in [0.25, 0.3) is 5.91 Å². The highest BCUT2D eigenvalue weighted by Gasteiger charge is 2.11. The number of carbonyl (C=O) groups is 1. The van der Waals surface area contributed by atoms with Gasteiger partial charge in [-0.05, 0) is 64.8 Å². The first-order chi connectivity index (χ1) is 13.0. The molecule has 1 aromatic carbocycles. The SMILES string of the molecule is CS(=O)CCCOc1cc(C(=O)Nc2ccc3cccnc3n2)ccc1Br. The summed E-state index contributed by atoms with van der Waals surface area (Å²) in [5, 5.41) is 3.68. The molecule has 3 aromatic rings. The van der Waals surface area contributed by atoms with Crippen molar-refractivity contribution in [2.45, 2.75) is 6.42 Å². The summed E-state index contributed by atoms with van der Waals surface area (Å²) in [6, 6.07) is 12.5. The Hall–Kier alpha value is -2.32. The van der Waals surface area contributed by atoms with Gasteiger partial charge in [-0.2, -0.15) is 0 Å². The molecule has 1 unspecified atom stereocenters. The van der Waals surface area contributed by atoms with Gasteiger partial charge in [0.15, 0.2) is 5.65 Å². The van der Waals surface area contributed by atoms with E-state index in [2.05, 4.69) is 31.2 Å². The van der Waals surface area contributed by atoms with E-state index >= 15 is 0 Å². The molecule has 1 N–H and O–H groups in total. The van der Waals surface area contributed by atoms with Crippen molar-refractivity contribution in [1.82, 2.24) is 9.97 Å². The van der Waals surface area contributed by atoms with Crippen LogP contribution in [0.1, 0.15) is 16.8 Å². The third-order valence-corrected chi connectivity index (χ3v) is 5.25. The zero-order chi connectivity index (χ0) is 19.2. The Morgan fingerprint density at radius 2 is 2.11 bits per heavy atom. The number of fused-ring (bicyclic) bond motifs is 1. The maximum Gasteiger partial charge on any atom is 0.256 e. The monoisotopic (exact) mass is 447 g/mol. The Kier molecular flexibility index (Phi) is 6.52. The normalized spacial score (nSPS) is 11.9. The molecule has 0 saturated heterocycles. The number of nitrogens with zero attached hydrogens (tertiary/aromatic N) is 2. The summed E-state index contributed by atoms with van der Waals surface area (Å²) in [5.41, 5.74) is 1.03. The lowest BCUT2D eigenvalue weighted by Crippen LogP contribution is -2.13. The van der Waals surface area contributed by atoms with Crippen molar-refractivity contribution in [2.24, 2.45) is 0 Å². The van der Waals surface area contributed by atoms with Gasteiger partial charge in [0.05, 0.1) is 11.1 Å². The Morgan fingerprint density at radius 1 is 1.26 bits per heavy atom. The van der Waals surface area contributed by atoms with Crippen LogP contribution in [0, 0.1) is 0 Å². The third-order valence-electron chi connectivity index (χ3n) is 3.73. The number of hydrogen-bond donors (Lipinski definition) is 1. The largest absolute Gasteiger partial charge is 0.492 e. The van der Waals surface area contributed by atoms with Gasteiger partial charge in [-0.3, -0.25) is 9.00 Å². The highest BCUT2D eigenvalue weighted by molar-refractivity contribution is 9.10. The zero-order valence-electron chi connectivity index (χ0n) is 14.6. The zero-order valence-corrected chi connectivity index (χ0v) is 17.0. The first-order valence-electron chi connectivity index (χ1n) is 8.28. The minimum Gasteiger partial charge on any atom is -0.492 e. The molecule has 0 aliphatic heterocycles. The van der Waals surface area contributed by atoms with Crippen LogP contribution in [0.5, 0.6) is 5.75 Å². The molecule has 0 saturated carbocycles. The number of halogens is 1. The van der Waals surface area contributed by atoms with Crippen LogP contribution in [0.15, 0.2) is 53.1 Å². The molecule has 2 aromatic heterocycles. The van der Waals surface area contributed by atoms with Crippen molar-refractivity contribution in [3.63, 3.8) is 0 Å². The Balaban J connectivity index is 1.70. The molecule has 1 amide bonds. The molecule has 6 nitrogen and oxygen atoms in total. The van der Waals surface area contributed by atoms with E-state index in [4.69, 9.17) is 4.74 Å². The van der Waals surface area contributed by atoms with Crippen molar-refractivity contribution in [3.05, 3.63) is 58.7 Å². The molecule has 0 bridgehead atoms. The highest BCUT2D eigenvalue weighted by atomic mass is 79.9. The fraction of sp³-hybridized carbons (Fsp3) is 0.211. The molecule has 2 heterocycles. The van der Waals surface area contributed by atoms with Crippen molar-refractivity contribution in [1.29, 1.82) is 0 Å². The molecular weight excluding hydrogens is 430 g/mol. The van der Waals surface area contributed by atoms with Gasteiger partial charge in [0, 0.05) is 40.0 Å². The lowest BCUT2D eigenvalue weighted by Gasteiger charge is -2.10. The van der Waals surface area contributed by atoms with E-state index < -0.39 is 10.8 Å². The van der Waals surface area contributed by atoms with Gasteiger partial charge in [-0.15, -0.1) is 0 Å². The molecule has 0 aliphatic rings. The summed E-state index contributed by atoms with van der Waals surface area (Å²) in [6.45, 7) is 0.432. The maximum atomic E-state index is 12.6. The number of aromatic nitrogens is 2. The lowest BCUT2D eigenvalue weighted by molar-refractivity contribution is 0.102. The minimum atomic E-state index is -0.841. The fourth-order valence-corrected chi connectivity index (χ4v) is 3.30. The second kappa shape index (κ2) is 9.05. The summed E-state index contributed by atoms with van der Waals surface area (Å²) in [5.74, 6) is 1.30. The van der Waals surface area contributed by atoms with Gasteiger partial charge < -0.3 is 10.1 Å². The van der Waals surface area contributed by atoms with Crippen LogP contribution >= 0.6 is 15.9 Å². The Morgan fingerprint density at radius 3 is 2.93 bits per heavy atom. The number of amides is 1. The summed E-state index contributed by atoms with van der Waals surface area (Å²) in [4.78, 5) is 21.1. The van der Waals surface area contributed by atoms with E-state index in [1.54, 1.807) is 36.7 Å². The second-order valence-electron chi connectivity index (χ2n) is 5.83. The number of anilines is 1. The van der Waals surface area contributed by atoms with E-state index in [0.29, 0.717) is 41.6 Å². The molecule has 0 aliphatic carbocycles. The molecule has 1 atom stereocenters. The number of carbonyl (C=O) groups excluding carboxylic acids is 1. The average molecular weight is 448 g/mol. The first-order valence-corrected chi connectivity index (χ1v) is 10.8. The summed E-state index contributed by atoms with van der Waals surface area (Å²) < 4.78 is 17.6. The molecule has 27 heavy (non-hydrogen) atoms. The summed E-state index contributed by atoms with van der Waals surface area (Å²) >= 11 is 3.42. The predicted octanol–water partition coefficient (Wildman–Crippen LogP) is 3.79. The van der Waals surface area contributed by atoms with Crippen LogP contribution in [0.25, 0.3) is 11.0 Å². The predicted molar refractivity (Wildman–Crippen MR) is 111 cm³/mol. The van der Waals surface area contributed by atoms with Crippen LogP contribution in [0.4, 0.5) is 5.82 Å². The molecule has 0 radical (unpaired) electrons. The van der Waals surface area contributed by atoms with Gasteiger partial charge >= 0.3 is 0 Å². The topological polar surface area (TPSA) is 81.2 Å². The van der Waals surface area contributed by atoms with Gasteiger partial charge in [0.2, 0.25) is 0 Å². The first kappa shape index (κ1) is 19.4. The Labute approximate surface area is 168 Å². The minimum absolute atomic E-state index is 0.287. The van der Waals surface area contributed by atoms with E-state index in [1.807, 2.05) is 18.2 Å². The average Bonchev–Trinajstić information content (AvgIpc) is 2.66. The molecule has 140 valence electrons. The molecular formula is C19H18BrN3O3S. The fourth-order valence-electron chi connectivity index (χ4n) is 2.41. The summed E-state index contributed by atoms with van der Waals surface area (Å²) in [7, 11) is -0.841. The van der Waals surface area contributed by atoms with E-state index in [-0.39, 0.29) is 5.91 Å². The quantitative estimate of drug-likeness (QED) is 0.557. The van der Waals surface area contributed by atoms with Crippen LogP contribution in [0.3, 0.4) is 0 Å². The van der Waals surface area contributed by atoms with Crippen molar-refractivity contribution in [2.75, 3.05) is 23.9 Å². The highest BCUT2D eigenvalue weighted by Crippen LogP contribution is 2.26. The molecule has 0 spiro atoms. The number of nitrogens with one attached hydrogen (secondary N) is 1. The van der Waals surface area contributed by atoms with Crippen LogP contribution in [-0.4, -0.2) is 38.7 Å². The lowest BCUT2D eigenvalue weighted by atomic mass is 10.2.